The molecule has 1 aliphatic heterocycles. The standard InChI is InChI=1S/C26H29FN6O3S/c1-5-10-28-23(34)19-16-37-24(29-19)22-21(17-6-8-18(27)9-7-17)30-20(31-22)15-32-11-13-33(14-12-32)25(35)36-26(2,3)4/h1,6-9,16H,10-15H2,2-4H3,(H,28,34)(H,30,31). The zero-order valence-electron chi connectivity index (χ0n) is 21.0. The largest absolute Gasteiger partial charge is 0.444 e. The van der Waals surface area contributed by atoms with Crippen molar-refractivity contribution in [2.75, 3.05) is 32.7 Å². The fraction of sp³-hybridized carbons (Fsp3) is 0.385. The van der Waals surface area contributed by atoms with Crippen LogP contribution in [-0.4, -0.2) is 75.1 Å². The Bertz CT molecular complexity index is 1300. The van der Waals surface area contributed by atoms with Gasteiger partial charge in [0.2, 0.25) is 0 Å². The van der Waals surface area contributed by atoms with Gasteiger partial charge in [0, 0.05) is 37.1 Å². The molecule has 9 nitrogen and oxygen atoms in total. The maximum atomic E-state index is 13.6. The van der Waals surface area contributed by atoms with Gasteiger partial charge in [-0.1, -0.05) is 5.92 Å². The number of imidazole rings is 1. The van der Waals surface area contributed by atoms with Gasteiger partial charge in [0.1, 0.15) is 33.6 Å². The van der Waals surface area contributed by atoms with Crippen LogP contribution in [0.4, 0.5) is 9.18 Å². The molecule has 0 unspecified atom stereocenters. The Kier molecular flexibility index (Phi) is 7.90. The number of nitrogens with one attached hydrogen (secondary N) is 2. The first-order valence-corrected chi connectivity index (χ1v) is 12.7. The summed E-state index contributed by atoms with van der Waals surface area (Å²) in [5, 5.41) is 4.85. The molecule has 4 rings (SSSR count). The molecule has 0 spiro atoms. The van der Waals surface area contributed by atoms with Gasteiger partial charge in [0.15, 0.2) is 0 Å². The maximum absolute atomic E-state index is 13.6. The lowest BCUT2D eigenvalue weighted by Gasteiger charge is -2.35. The van der Waals surface area contributed by atoms with Crippen molar-refractivity contribution in [1.29, 1.82) is 0 Å². The van der Waals surface area contributed by atoms with E-state index in [2.05, 4.69) is 26.1 Å². The van der Waals surface area contributed by atoms with E-state index in [4.69, 9.17) is 16.1 Å². The number of carbonyl (C=O) groups is 2. The van der Waals surface area contributed by atoms with Crippen LogP contribution in [-0.2, 0) is 11.3 Å². The van der Waals surface area contributed by atoms with Gasteiger partial charge in [-0.3, -0.25) is 9.69 Å². The second-order valence-corrected chi connectivity index (χ2v) is 10.4. The number of carbonyl (C=O) groups excluding carboxylic acids is 2. The molecule has 2 amide bonds. The first kappa shape index (κ1) is 26.3. The van der Waals surface area contributed by atoms with Crippen LogP contribution in [0.15, 0.2) is 29.6 Å². The van der Waals surface area contributed by atoms with Crippen LogP contribution >= 0.6 is 11.3 Å². The smallest absolute Gasteiger partial charge is 0.410 e. The van der Waals surface area contributed by atoms with Gasteiger partial charge < -0.3 is 19.9 Å². The first-order chi connectivity index (χ1) is 17.6. The van der Waals surface area contributed by atoms with E-state index in [0.717, 1.165) is 5.56 Å². The lowest BCUT2D eigenvalue weighted by Crippen LogP contribution is -2.49. The van der Waals surface area contributed by atoms with Crippen molar-refractivity contribution >= 4 is 23.3 Å². The molecule has 0 bridgehead atoms. The topological polar surface area (TPSA) is 103 Å². The number of rotatable bonds is 6. The van der Waals surface area contributed by atoms with E-state index >= 15 is 0 Å². The second kappa shape index (κ2) is 11.1. The SMILES string of the molecule is C#CCNC(=O)c1csc(-c2[nH]c(CN3CCN(C(=O)OC(C)(C)C)CC3)nc2-c2ccc(F)cc2)n1. The summed E-state index contributed by atoms with van der Waals surface area (Å²) >= 11 is 1.30. The van der Waals surface area contributed by atoms with Gasteiger partial charge in [0.05, 0.1) is 18.8 Å². The molecule has 3 aromatic rings. The molecule has 1 aliphatic rings. The number of halogens is 1. The molecule has 11 heteroatoms. The Hall–Kier alpha value is -3.75. The number of nitrogens with zero attached hydrogens (tertiary/aromatic N) is 4. The highest BCUT2D eigenvalue weighted by atomic mass is 32.1. The monoisotopic (exact) mass is 524 g/mol. The number of H-pyrrole nitrogens is 1. The van der Waals surface area contributed by atoms with E-state index in [1.807, 2.05) is 20.8 Å². The Labute approximate surface area is 219 Å². The number of thiazole rings is 1. The molecule has 2 aromatic heterocycles. The minimum Gasteiger partial charge on any atom is -0.444 e. The molecule has 194 valence electrons. The van der Waals surface area contributed by atoms with Crippen LogP contribution in [0.3, 0.4) is 0 Å². The summed E-state index contributed by atoms with van der Waals surface area (Å²) in [6.07, 6.45) is 4.91. The average molecular weight is 525 g/mol. The molecule has 2 N–H and O–H groups in total. The van der Waals surface area contributed by atoms with E-state index in [1.54, 1.807) is 22.4 Å². The second-order valence-electron chi connectivity index (χ2n) is 9.58. The summed E-state index contributed by atoms with van der Waals surface area (Å²) in [4.78, 5) is 41.2. The van der Waals surface area contributed by atoms with Crippen LogP contribution in [0, 0.1) is 18.2 Å². The molecule has 1 fully saturated rings. The highest BCUT2D eigenvalue weighted by Crippen LogP contribution is 2.32. The van der Waals surface area contributed by atoms with Gasteiger partial charge in [-0.15, -0.1) is 17.8 Å². The van der Waals surface area contributed by atoms with Crippen molar-refractivity contribution in [2.24, 2.45) is 0 Å². The lowest BCUT2D eigenvalue weighted by molar-refractivity contribution is 0.0137. The molecule has 0 atom stereocenters. The molecule has 3 heterocycles. The number of hydrogen-bond donors (Lipinski definition) is 2. The first-order valence-electron chi connectivity index (χ1n) is 11.9. The van der Waals surface area contributed by atoms with E-state index in [-0.39, 0.29) is 30.1 Å². The van der Waals surface area contributed by atoms with Crippen molar-refractivity contribution in [3.63, 3.8) is 0 Å². The lowest BCUT2D eigenvalue weighted by atomic mass is 10.1. The molecule has 0 saturated carbocycles. The van der Waals surface area contributed by atoms with Crippen LogP contribution < -0.4 is 5.32 Å². The van der Waals surface area contributed by atoms with Crippen molar-refractivity contribution in [3.05, 3.63) is 47.0 Å². The Balaban J connectivity index is 1.52. The van der Waals surface area contributed by atoms with E-state index in [0.29, 0.717) is 54.9 Å². The zero-order chi connectivity index (χ0) is 26.6. The Morgan fingerprint density at radius 1 is 1.19 bits per heavy atom. The van der Waals surface area contributed by atoms with Gasteiger partial charge in [0.25, 0.3) is 5.91 Å². The quantitative estimate of drug-likeness (QED) is 0.476. The normalized spacial score (nSPS) is 14.3. The summed E-state index contributed by atoms with van der Waals surface area (Å²) in [7, 11) is 0. The maximum Gasteiger partial charge on any atom is 0.410 e. The van der Waals surface area contributed by atoms with Crippen molar-refractivity contribution in [1.82, 2.24) is 30.1 Å². The molecular weight excluding hydrogens is 495 g/mol. The predicted octanol–water partition coefficient (Wildman–Crippen LogP) is 3.76. The van der Waals surface area contributed by atoms with Gasteiger partial charge in [-0.05, 0) is 45.0 Å². The number of piperazine rings is 1. The number of ether oxygens (including phenoxy) is 1. The minimum absolute atomic E-state index is 0.113. The fourth-order valence-corrected chi connectivity index (χ4v) is 4.61. The van der Waals surface area contributed by atoms with Gasteiger partial charge >= 0.3 is 6.09 Å². The summed E-state index contributed by atoms with van der Waals surface area (Å²) in [6.45, 7) is 8.62. The van der Waals surface area contributed by atoms with Crippen molar-refractivity contribution in [3.8, 4) is 34.3 Å². The van der Waals surface area contributed by atoms with Gasteiger partial charge in [-0.2, -0.15) is 0 Å². The third-order valence-corrected chi connectivity index (χ3v) is 6.43. The Morgan fingerprint density at radius 2 is 1.89 bits per heavy atom. The van der Waals surface area contributed by atoms with Gasteiger partial charge in [-0.25, -0.2) is 19.2 Å². The fourth-order valence-electron chi connectivity index (χ4n) is 3.81. The summed E-state index contributed by atoms with van der Waals surface area (Å²) in [5.74, 6) is 2.37. The summed E-state index contributed by atoms with van der Waals surface area (Å²) < 4.78 is 19.0. The van der Waals surface area contributed by atoms with E-state index in [9.17, 15) is 14.0 Å². The van der Waals surface area contributed by atoms with E-state index in [1.165, 1.54) is 23.5 Å². The average Bonchev–Trinajstić information content (AvgIpc) is 3.50. The van der Waals surface area contributed by atoms with E-state index < -0.39 is 5.60 Å². The number of benzene rings is 1. The zero-order valence-corrected chi connectivity index (χ0v) is 21.8. The molecule has 0 radical (unpaired) electrons. The molecule has 37 heavy (non-hydrogen) atoms. The third kappa shape index (κ3) is 6.72. The number of aromatic nitrogens is 3. The number of terminal acetylenes is 1. The summed E-state index contributed by atoms with van der Waals surface area (Å²) in [5.41, 5.74) is 1.71. The van der Waals surface area contributed by atoms with Crippen molar-refractivity contribution < 1.29 is 18.7 Å². The van der Waals surface area contributed by atoms with Crippen molar-refractivity contribution in [2.45, 2.75) is 32.9 Å². The highest BCUT2D eigenvalue weighted by Gasteiger charge is 2.27. The number of hydrogen-bond acceptors (Lipinski definition) is 7. The van der Waals surface area contributed by atoms with Crippen LogP contribution in [0.2, 0.25) is 0 Å². The number of amides is 2. The molecule has 1 aromatic carbocycles. The minimum atomic E-state index is -0.535. The molecule has 0 aliphatic carbocycles. The molecule has 1 saturated heterocycles. The Morgan fingerprint density at radius 3 is 2.54 bits per heavy atom. The molecular formula is C26H29FN6O3S. The van der Waals surface area contributed by atoms with Crippen LogP contribution in [0.5, 0.6) is 0 Å². The summed E-state index contributed by atoms with van der Waals surface area (Å²) in [6, 6.07) is 6.08. The highest BCUT2D eigenvalue weighted by molar-refractivity contribution is 7.13. The van der Waals surface area contributed by atoms with Crippen LogP contribution in [0.25, 0.3) is 22.0 Å². The third-order valence-electron chi connectivity index (χ3n) is 5.57. The predicted molar refractivity (Wildman–Crippen MR) is 139 cm³/mol. The number of aromatic amines is 1. The van der Waals surface area contributed by atoms with Crippen LogP contribution in [0.1, 0.15) is 37.1 Å².